The Labute approximate surface area is 329 Å². The molecule has 3 N–H and O–H groups in total. The molecule has 1 unspecified atom stereocenters. The smallest absolute Gasteiger partial charge is 0.258 e. The average molecular weight is 783 g/mol. The van der Waals surface area contributed by atoms with Crippen LogP contribution in [0.4, 0.5) is 26.0 Å². The molecule has 288 valence electrons. The van der Waals surface area contributed by atoms with E-state index in [0.717, 1.165) is 54.0 Å². The lowest BCUT2D eigenvalue weighted by Crippen LogP contribution is -2.38. The molecule has 0 aliphatic carbocycles. The number of hydrogen-bond donors (Lipinski definition) is 2. The van der Waals surface area contributed by atoms with Crippen LogP contribution in [0.25, 0.3) is 10.9 Å². The molecule has 8 rings (SSSR count). The summed E-state index contributed by atoms with van der Waals surface area (Å²) >= 11 is 0. The Hall–Kier alpha value is -6.37. The minimum absolute atomic E-state index is 0.0548. The number of rotatable bonds is 10. The van der Waals surface area contributed by atoms with Crippen molar-refractivity contribution in [3.8, 4) is 0 Å². The van der Waals surface area contributed by atoms with Gasteiger partial charge in [0, 0.05) is 42.5 Å². The monoisotopic (exact) mass is 782 g/mol. The van der Waals surface area contributed by atoms with Crippen molar-refractivity contribution < 1.29 is 22.0 Å². The number of hydrogen-bond acceptors (Lipinski definition) is 7. The van der Waals surface area contributed by atoms with E-state index in [-0.39, 0.29) is 27.4 Å². The molecule has 2 heterocycles. The number of carbonyl (C=O) groups excluding carboxylic acids is 1. The summed E-state index contributed by atoms with van der Waals surface area (Å²) in [5.41, 5.74) is 9.76. The van der Waals surface area contributed by atoms with Gasteiger partial charge in [-0.15, -0.1) is 0 Å². The highest BCUT2D eigenvalue weighted by Gasteiger charge is 2.41. The second-order valence-electron chi connectivity index (χ2n) is 14.4. The maximum Gasteiger partial charge on any atom is 0.258 e. The predicted molar refractivity (Wildman–Crippen MR) is 219 cm³/mol. The van der Waals surface area contributed by atoms with Gasteiger partial charge in [-0.05, 0) is 85.2 Å². The molecule has 0 radical (unpaired) electrons. The molecule has 1 fully saturated rings. The zero-order valence-corrected chi connectivity index (χ0v) is 32.1. The van der Waals surface area contributed by atoms with E-state index in [0.29, 0.717) is 17.6 Å². The van der Waals surface area contributed by atoms with Gasteiger partial charge in [0.25, 0.3) is 5.91 Å². The highest BCUT2D eigenvalue weighted by atomic mass is 32.2. The van der Waals surface area contributed by atoms with Crippen LogP contribution in [0.3, 0.4) is 0 Å². The number of nitrogens with one attached hydrogen (secondary N) is 1. The quantitative estimate of drug-likeness (QED) is 0.107. The molecule has 1 atom stereocenters. The Bertz CT molecular complexity index is 2590. The van der Waals surface area contributed by atoms with Crippen molar-refractivity contribution in [3.63, 3.8) is 0 Å². The molecule has 1 aliphatic rings. The molecule has 57 heavy (non-hydrogen) atoms. The molecular weight excluding hydrogens is 743 g/mol. The van der Waals surface area contributed by atoms with E-state index >= 15 is 0 Å². The van der Waals surface area contributed by atoms with Gasteiger partial charge in [0.15, 0.2) is 5.82 Å². The number of benzene rings is 6. The lowest BCUT2D eigenvalue weighted by atomic mass is 9.77. The lowest BCUT2D eigenvalue weighted by molar-refractivity contribution is 0.102. The minimum Gasteiger partial charge on any atom is -0.398 e. The van der Waals surface area contributed by atoms with Gasteiger partial charge < -0.3 is 20.9 Å². The molecule has 7 aromatic rings. The van der Waals surface area contributed by atoms with Gasteiger partial charge in [-0.2, -0.15) is 5.10 Å². The van der Waals surface area contributed by atoms with Gasteiger partial charge in [0.05, 0.1) is 20.9 Å². The summed E-state index contributed by atoms with van der Waals surface area (Å²) in [6.07, 6.45) is 1.01. The van der Waals surface area contributed by atoms with Crippen LogP contribution in [0.15, 0.2) is 155 Å². The number of likely N-dealkylation sites (tertiary alicyclic amines) is 1. The fourth-order valence-electron chi connectivity index (χ4n) is 7.93. The van der Waals surface area contributed by atoms with Gasteiger partial charge in [0.1, 0.15) is 17.2 Å². The number of sulfone groups is 1. The third-order valence-corrected chi connectivity index (χ3v) is 12.6. The Kier molecular flexibility index (Phi) is 9.84. The van der Waals surface area contributed by atoms with E-state index in [2.05, 4.69) is 22.2 Å². The van der Waals surface area contributed by atoms with Crippen LogP contribution in [0.5, 0.6) is 0 Å². The molecule has 9 nitrogen and oxygen atoms in total. The van der Waals surface area contributed by atoms with Gasteiger partial charge in [-0.1, -0.05) is 91.0 Å². The Morgan fingerprint density at radius 3 is 1.89 bits per heavy atom. The third-order valence-electron chi connectivity index (χ3n) is 10.8. The first-order chi connectivity index (χ1) is 27.5. The zero-order valence-electron chi connectivity index (χ0n) is 31.3. The molecule has 1 aromatic heterocycles. The summed E-state index contributed by atoms with van der Waals surface area (Å²) in [6.45, 7) is 1.91. The van der Waals surface area contributed by atoms with Gasteiger partial charge in [0.2, 0.25) is 9.84 Å². The van der Waals surface area contributed by atoms with Crippen LogP contribution in [0, 0.1) is 11.6 Å². The number of nitrogens with zero attached hydrogens (tertiary/aromatic N) is 4. The van der Waals surface area contributed by atoms with E-state index in [1.54, 1.807) is 22.9 Å². The molecule has 1 saturated heterocycles. The molecular formula is C45H40F2N6O3S. The molecule has 0 spiro atoms. The first-order valence-corrected chi connectivity index (χ1v) is 20.0. The molecule has 12 heteroatoms. The van der Waals surface area contributed by atoms with Gasteiger partial charge in [-0.3, -0.25) is 4.79 Å². The van der Waals surface area contributed by atoms with Crippen molar-refractivity contribution in [3.05, 3.63) is 179 Å². The molecule has 1 amide bonds. The highest BCUT2D eigenvalue weighted by Crippen LogP contribution is 2.44. The predicted octanol–water partition coefficient (Wildman–Crippen LogP) is 7.96. The van der Waals surface area contributed by atoms with Crippen LogP contribution >= 0.6 is 0 Å². The SMILES string of the molecule is CN1CCC(N(C)c2ccc(C(=O)Nc3nn(C(c4ccccc4)(c4ccccc4)c4ccccc4)c4ccc(S(=O)(=O)c5cc(F)cc(F)c5)cc34)c(N)c2)C1. The van der Waals surface area contributed by atoms with Crippen molar-refractivity contribution in [2.75, 3.05) is 43.1 Å². The Morgan fingerprint density at radius 2 is 1.37 bits per heavy atom. The molecule has 0 saturated carbocycles. The number of aromatic nitrogens is 2. The standard InChI is InChI=1S/C45H40F2N6O3S/c1-51-23-22-36(29-51)52(2)35-18-20-39(41(48)27-35)44(54)49-43-40-28-37(57(55,56)38-25-33(46)24-34(47)26-38)19-21-42(40)53(50-43)45(30-12-6-3-7-13-30,31-14-8-4-9-15-31)32-16-10-5-11-17-32/h3-21,24-28,36H,22-23,29,48H2,1-2H3,(H,49,50,54). The second kappa shape index (κ2) is 14.9. The molecule has 6 aromatic carbocycles. The summed E-state index contributed by atoms with van der Waals surface area (Å²) in [4.78, 5) is 17.9. The van der Waals surface area contributed by atoms with E-state index < -0.39 is 37.8 Å². The number of carbonyl (C=O) groups is 1. The normalized spacial score (nSPS) is 14.8. The number of likely N-dealkylation sites (N-methyl/N-ethyl adjacent to an activating group) is 2. The van der Waals surface area contributed by atoms with Crippen molar-refractivity contribution in [2.24, 2.45) is 0 Å². The van der Waals surface area contributed by atoms with Gasteiger partial charge >= 0.3 is 0 Å². The zero-order chi connectivity index (χ0) is 39.9. The van der Waals surface area contributed by atoms with E-state index in [1.165, 1.54) is 12.1 Å². The van der Waals surface area contributed by atoms with Crippen molar-refractivity contribution >= 4 is 43.8 Å². The molecule has 0 bridgehead atoms. The fourth-order valence-corrected chi connectivity index (χ4v) is 9.25. The van der Waals surface area contributed by atoms with Crippen LogP contribution in [0.2, 0.25) is 0 Å². The summed E-state index contributed by atoms with van der Waals surface area (Å²) in [6, 6.07) is 41.4. The number of amides is 1. The van der Waals surface area contributed by atoms with Gasteiger partial charge in [-0.25, -0.2) is 21.9 Å². The number of nitrogen functional groups attached to an aromatic ring is 1. The number of fused-ring (bicyclic) bond motifs is 1. The number of nitrogens with two attached hydrogens (primary N) is 1. The van der Waals surface area contributed by atoms with E-state index in [4.69, 9.17) is 10.8 Å². The van der Waals surface area contributed by atoms with Crippen LogP contribution in [0.1, 0.15) is 33.5 Å². The minimum atomic E-state index is -4.44. The average Bonchev–Trinajstić information content (AvgIpc) is 3.82. The largest absolute Gasteiger partial charge is 0.398 e. The van der Waals surface area contributed by atoms with Crippen LogP contribution in [-0.4, -0.2) is 62.2 Å². The number of halogens is 2. The Balaban J connectivity index is 1.33. The number of anilines is 3. The lowest BCUT2D eigenvalue weighted by Gasteiger charge is -2.37. The van der Waals surface area contributed by atoms with Crippen molar-refractivity contribution in [1.29, 1.82) is 0 Å². The van der Waals surface area contributed by atoms with Crippen molar-refractivity contribution in [2.45, 2.75) is 27.8 Å². The van der Waals surface area contributed by atoms with Crippen LogP contribution < -0.4 is 16.0 Å². The molecule has 1 aliphatic heterocycles. The van der Waals surface area contributed by atoms with Crippen LogP contribution in [-0.2, 0) is 15.4 Å². The summed E-state index contributed by atoms with van der Waals surface area (Å²) in [5, 5.41) is 8.35. The summed E-state index contributed by atoms with van der Waals surface area (Å²) < 4.78 is 58.4. The Morgan fingerprint density at radius 1 is 0.789 bits per heavy atom. The summed E-state index contributed by atoms with van der Waals surface area (Å²) in [7, 11) is -0.343. The van der Waals surface area contributed by atoms with Crippen molar-refractivity contribution in [1.82, 2.24) is 14.7 Å². The fraction of sp³-hybridized carbons (Fsp3) is 0.156. The topological polar surface area (TPSA) is 114 Å². The highest BCUT2D eigenvalue weighted by molar-refractivity contribution is 7.91. The maximum atomic E-state index is 14.3. The first kappa shape index (κ1) is 37.5. The second-order valence-corrected chi connectivity index (χ2v) is 16.3. The van der Waals surface area contributed by atoms with E-state index in [9.17, 15) is 22.0 Å². The summed E-state index contributed by atoms with van der Waals surface area (Å²) in [5.74, 6) is -2.56. The first-order valence-electron chi connectivity index (χ1n) is 18.5. The maximum absolute atomic E-state index is 14.3. The third kappa shape index (κ3) is 6.80. The van der Waals surface area contributed by atoms with E-state index in [1.807, 2.05) is 104 Å².